The number of aliphatic hydroxyl groups is 1. The summed E-state index contributed by atoms with van der Waals surface area (Å²) in [5.41, 5.74) is -0.602. The van der Waals surface area contributed by atoms with Gasteiger partial charge in [-0.3, -0.25) is 4.79 Å². The van der Waals surface area contributed by atoms with E-state index >= 15 is 0 Å². The molecule has 0 aromatic carbocycles. The Balaban J connectivity index is 2.53. The lowest BCUT2D eigenvalue weighted by molar-refractivity contribution is -0.169. The van der Waals surface area contributed by atoms with E-state index < -0.39 is 5.60 Å². The normalized spacial score (nSPS) is 33.6. The second-order valence-electron chi connectivity index (χ2n) is 2.94. The Morgan fingerprint density at radius 3 is 2.90 bits per heavy atom. The van der Waals surface area contributed by atoms with Gasteiger partial charge < -0.3 is 9.84 Å². The van der Waals surface area contributed by atoms with E-state index in [0.717, 1.165) is 12.8 Å². The minimum atomic E-state index is -0.602. The van der Waals surface area contributed by atoms with Gasteiger partial charge in [0.25, 0.3) is 0 Å². The van der Waals surface area contributed by atoms with Gasteiger partial charge in [-0.25, -0.2) is 0 Å². The SMILES string of the molecule is C[C@@]1(CO)CCCC(=O)O1. The van der Waals surface area contributed by atoms with Crippen molar-refractivity contribution in [1.29, 1.82) is 0 Å². The fourth-order valence-electron chi connectivity index (χ4n) is 1.09. The first-order valence-electron chi connectivity index (χ1n) is 3.49. The Labute approximate surface area is 60.0 Å². The first-order valence-corrected chi connectivity index (χ1v) is 3.49. The van der Waals surface area contributed by atoms with E-state index in [-0.39, 0.29) is 12.6 Å². The van der Waals surface area contributed by atoms with E-state index in [4.69, 9.17) is 9.84 Å². The van der Waals surface area contributed by atoms with Crippen molar-refractivity contribution in [2.24, 2.45) is 0 Å². The predicted molar refractivity (Wildman–Crippen MR) is 35.4 cm³/mol. The summed E-state index contributed by atoms with van der Waals surface area (Å²) < 4.78 is 4.93. The Hall–Kier alpha value is -0.570. The molecule has 10 heavy (non-hydrogen) atoms. The maximum absolute atomic E-state index is 10.7. The van der Waals surface area contributed by atoms with Gasteiger partial charge in [-0.05, 0) is 19.8 Å². The van der Waals surface area contributed by atoms with Gasteiger partial charge in [0.15, 0.2) is 0 Å². The predicted octanol–water partition coefficient (Wildman–Crippen LogP) is 0.464. The van der Waals surface area contributed by atoms with Crippen molar-refractivity contribution in [2.75, 3.05) is 6.61 Å². The zero-order valence-electron chi connectivity index (χ0n) is 6.09. The highest BCUT2D eigenvalue weighted by Gasteiger charge is 2.31. The van der Waals surface area contributed by atoms with Crippen LogP contribution in [0.4, 0.5) is 0 Å². The van der Waals surface area contributed by atoms with Crippen LogP contribution < -0.4 is 0 Å². The van der Waals surface area contributed by atoms with Crippen LogP contribution >= 0.6 is 0 Å². The molecule has 0 aliphatic carbocycles. The summed E-state index contributed by atoms with van der Waals surface area (Å²) in [4.78, 5) is 10.7. The van der Waals surface area contributed by atoms with Crippen molar-refractivity contribution in [3.8, 4) is 0 Å². The molecule has 3 nitrogen and oxygen atoms in total. The fourth-order valence-corrected chi connectivity index (χ4v) is 1.09. The Morgan fingerprint density at radius 2 is 2.50 bits per heavy atom. The quantitative estimate of drug-likeness (QED) is 0.544. The number of cyclic esters (lactones) is 1. The molecule has 0 spiro atoms. The molecule has 0 aromatic heterocycles. The molecule has 0 bridgehead atoms. The van der Waals surface area contributed by atoms with Crippen LogP contribution in [0.25, 0.3) is 0 Å². The fraction of sp³-hybridized carbons (Fsp3) is 0.857. The smallest absolute Gasteiger partial charge is 0.306 e. The largest absolute Gasteiger partial charge is 0.457 e. The number of carbonyl (C=O) groups is 1. The molecule has 0 amide bonds. The molecule has 1 atom stereocenters. The molecule has 1 aliphatic heterocycles. The molecular weight excluding hydrogens is 132 g/mol. The minimum absolute atomic E-state index is 0.0707. The summed E-state index contributed by atoms with van der Waals surface area (Å²) in [6, 6.07) is 0. The lowest BCUT2D eigenvalue weighted by Crippen LogP contribution is -2.38. The van der Waals surface area contributed by atoms with Crippen molar-refractivity contribution < 1.29 is 14.6 Å². The standard InChI is InChI=1S/C7H12O3/c1-7(5-8)4-2-3-6(9)10-7/h8H,2-5H2,1H3/t7-/m0/s1. The topological polar surface area (TPSA) is 46.5 Å². The molecule has 1 heterocycles. The number of carbonyl (C=O) groups excluding carboxylic acids is 1. The third-order valence-corrected chi connectivity index (χ3v) is 1.78. The zero-order chi connectivity index (χ0) is 7.61. The molecular formula is C7H12O3. The van der Waals surface area contributed by atoms with Gasteiger partial charge in [-0.15, -0.1) is 0 Å². The Kier molecular flexibility index (Phi) is 1.94. The average Bonchev–Trinajstić information content (AvgIpc) is 1.88. The highest BCUT2D eigenvalue weighted by atomic mass is 16.6. The van der Waals surface area contributed by atoms with Crippen LogP contribution in [0.3, 0.4) is 0 Å². The number of aliphatic hydroxyl groups excluding tert-OH is 1. The molecule has 3 heteroatoms. The van der Waals surface area contributed by atoms with Crippen LogP contribution in [0.15, 0.2) is 0 Å². The van der Waals surface area contributed by atoms with Crippen molar-refractivity contribution in [1.82, 2.24) is 0 Å². The van der Waals surface area contributed by atoms with Crippen LogP contribution in [0.1, 0.15) is 26.2 Å². The number of ether oxygens (including phenoxy) is 1. The maximum atomic E-state index is 10.7. The van der Waals surface area contributed by atoms with Crippen LogP contribution in [-0.2, 0) is 9.53 Å². The van der Waals surface area contributed by atoms with Crippen molar-refractivity contribution in [2.45, 2.75) is 31.8 Å². The van der Waals surface area contributed by atoms with Gasteiger partial charge in [-0.1, -0.05) is 0 Å². The summed E-state index contributed by atoms with van der Waals surface area (Å²) in [7, 11) is 0. The van der Waals surface area contributed by atoms with Gasteiger partial charge in [0.05, 0.1) is 6.61 Å². The van der Waals surface area contributed by atoms with Crippen molar-refractivity contribution in [3.05, 3.63) is 0 Å². The highest BCUT2D eigenvalue weighted by molar-refractivity contribution is 5.70. The van der Waals surface area contributed by atoms with E-state index in [1.807, 2.05) is 0 Å². The highest BCUT2D eigenvalue weighted by Crippen LogP contribution is 2.24. The summed E-state index contributed by atoms with van der Waals surface area (Å²) in [6.07, 6.45) is 2.10. The molecule has 0 unspecified atom stereocenters. The summed E-state index contributed by atoms with van der Waals surface area (Å²) in [5.74, 6) is -0.192. The monoisotopic (exact) mass is 144 g/mol. The van der Waals surface area contributed by atoms with E-state index in [1.54, 1.807) is 6.92 Å². The lowest BCUT2D eigenvalue weighted by Gasteiger charge is -2.31. The first kappa shape index (κ1) is 7.54. The van der Waals surface area contributed by atoms with E-state index in [0.29, 0.717) is 6.42 Å². The number of hydrogen-bond acceptors (Lipinski definition) is 3. The molecule has 0 saturated carbocycles. The minimum Gasteiger partial charge on any atom is -0.457 e. The molecule has 0 aromatic rings. The number of hydrogen-bond donors (Lipinski definition) is 1. The van der Waals surface area contributed by atoms with Gasteiger partial charge in [0, 0.05) is 6.42 Å². The lowest BCUT2D eigenvalue weighted by atomic mass is 9.97. The first-order chi connectivity index (χ1) is 4.66. The molecule has 1 rings (SSSR count). The van der Waals surface area contributed by atoms with E-state index in [1.165, 1.54) is 0 Å². The molecule has 58 valence electrons. The van der Waals surface area contributed by atoms with Gasteiger partial charge in [0.2, 0.25) is 0 Å². The summed E-state index contributed by atoms with van der Waals surface area (Å²) >= 11 is 0. The van der Waals surface area contributed by atoms with Crippen LogP contribution in [0.5, 0.6) is 0 Å². The van der Waals surface area contributed by atoms with Gasteiger partial charge in [0.1, 0.15) is 5.60 Å². The van der Waals surface area contributed by atoms with Crippen LogP contribution in [0, 0.1) is 0 Å². The second kappa shape index (κ2) is 2.58. The third-order valence-electron chi connectivity index (χ3n) is 1.78. The Morgan fingerprint density at radius 1 is 1.80 bits per heavy atom. The number of rotatable bonds is 1. The Bertz CT molecular complexity index is 144. The van der Waals surface area contributed by atoms with Crippen LogP contribution in [-0.4, -0.2) is 23.3 Å². The molecule has 1 aliphatic rings. The third kappa shape index (κ3) is 1.48. The van der Waals surface area contributed by atoms with Gasteiger partial charge in [-0.2, -0.15) is 0 Å². The second-order valence-corrected chi connectivity index (χ2v) is 2.94. The zero-order valence-corrected chi connectivity index (χ0v) is 6.09. The average molecular weight is 144 g/mol. The molecule has 1 N–H and O–H groups in total. The van der Waals surface area contributed by atoms with Gasteiger partial charge >= 0.3 is 5.97 Å². The van der Waals surface area contributed by atoms with Crippen LogP contribution in [0.2, 0.25) is 0 Å². The van der Waals surface area contributed by atoms with E-state index in [9.17, 15) is 4.79 Å². The summed E-state index contributed by atoms with van der Waals surface area (Å²) in [5, 5.41) is 8.79. The maximum Gasteiger partial charge on any atom is 0.306 e. The van der Waals surface area contributed by atoms with E-state index in [2.05, 4.69) is 0 Å². The van der Waals surface area contributed by atoms with Crippen molar-refractivity contribution >= 4 is 5.97 Å². The van der Waals surface area contributed by atoms with Crippen molar-refractivity contribution in [3.63, 3.8) is 0 Å². The molecule has 0 radical (unpaired) electrons. The summed E-state index contributed by atoms with van der Waals surface area (Å²) in [6.45, 7) is 1.68. The molecule has 1 saturated heterocycles. The molecule has 1 fully saturated rings. The number of esters is 1.